The number of rotatable bonds is 1. The maximum absolute atomic E-state index is 11.9. The molecule has 1 atom stereocenters. The van der Waals surface area contributed by atoms with Crippen molar-refractivity contribution in [3.63, 3.8) is 0 Å². The average molecular weight is 262 g/mol. The quantitative estimate of drug-likeness (QED) is 0.613. The third-order valence-corrected chi connectivity index (χ3v) is 4.42. The van der Waals surface area contributed by atoms with Gasteiger partial charge in [-0.15, -0.1) is 11.8 Å². The minimum Gasteiger partial charge on any atom is -0.399 e. The highest BCUT2D eigenvalue weighted by atomic mass is 32.2. The molecule has 94 valence electrons. The Balaban J connectivity index is 1.96. The van der Waals surface area contributed by atoms with Crippen molar-refractivity contribution in [1.82, 2.24) is 4.90 Å². The van der Waals surface area contributed by atoms with E-state index >= 15 is 0 Å². The summed E-state index contributed by atoms with van der Waals surface area (Å²) in [6.07, 6.45) is 1.70. The maximum atomic E-state index is 11.9. The molecule has 1 heterocycles. The largest absolute Gasteiger partial charge is 0.399 e. The zero-order chi connectivity index (χ0) is 12.7. The number of benzene rings is 1. The van der Waals surface area contributed by atoms with Crippen molar-refractivity contribution in [2.75, 3.05) is 17.2 Å². The fourth-order valence-electron chi connectivity index (χ4n) is 2.73. The standard InChI is InChI=1S/C13H14N2O2S/c14-9-2-3-10-8(5-9)1-4-11(10)15-12(16)6-18-7-13(15)17/h2-3,5,11H,1,4,6-7,14H2. The minimum atomic E-state index is -0.0819. The number of fused-ring (bicyclic) bond motifs is 1. The van der Waals surface area contributed by atoms with E-state index in [1.807, 2.05) is 18.2 Å². The Morgan fingerprint density at radius 2 is 1.94 bits per heavy atom. The lowest BCUT2D eigenvalue weighted by Gasteiger charge is -2.30. The number of amides is 2. The minimum absolute atomic E-state index is 0.0640. The number of aryl methyl sites for hydroxylation is 1. The average Bonchev–Trinajstić information content (AvgIpc) is 2.72. The van der Waals surface area contributed by atoms with Crippen LogP contribution in [0.1, 0.15) is 23.6 Å². The molecule has 1 saturated heterocycles. The van der Waals surface area contributed by atoms with Crippen LogP contribution in [0, 0.1) is 0 Å². The second-order valence-corrected chi connectivity index (χ2v) is 5.65. The van der Waals surface area contributed by atoms with Gasteiger partial charge in [-0.2, -0.15) is 0 Å². The van der Waals surface area contributed by atoms with Gasteiger partial charge in [-0.1, -0.05) is 6.07 Å². The van der Waals surface area contributed by atoms with Gasteiger partial charge in [0, 0.05) is 5.69 Å². The van der Waals surface area contributed by atoms with E-state index in [1.165, 1.54) is 22.2 Å². The van der Waals surface area contributed by atoms with Crippen LogP contribution < -0.4 is 5.73 Å². The summed E-state index contributed by atoms with van der Waals surface area (Å²) in [4.78, 5) is 25.3. The van der Waals surface area contributed by atoms with Crippen LogP contribution in [0.5, 0.6) is 0 Å². The van der Waals surface area contributed by atoms with Crippen LogP contribution in [-0.2, 0) is 16.0 Å². The molecule has 0 spiro atoms. The first-order valence-corrected chi connectivity index (χ1v) is 7.13. The molecule has 0 saturated carbocycles. The third kappa shape index (κ3) is 1.79. The van der Waals surface area contributed by atoms with Gasteiger partial charge in [0.1, 0.15) is 0 Å². The Labute approximate surface area is 110 Å². The molecule has 0 bridgehead atoms. The monoisotopic (exact) mass is 262 g/mol. The lowest BCUT2D eigenvalue weighted by atomic mass is 10.1. The predicted molar refractivity (Wildman–Crippen MR) is 71.1 cm³/mol. The van der Waals surface area contributed by atoms with E-state index in [1.54, 1.807) is 0 Å². The van der Waals surface area contributed by atoms with E-state index in [9.17, 15) is 9.59 Å². The van der Waals surface area contributed by atoms with E-state index in [4.69, 9.17) is 5.73 Å². The highest BCUT2D eigenvalue weighted by Crippen LogP contribution is 2.38. The van der Waals surface area contributed by atoms with E-state index in [0.717, 1.165) is 24.1 Å². The first-order chi connectivity index (χ1) is 8.66. The molecule has 4 nitrogen and oxygen atoms in total. The van der Waals surface area contributed by atoms with E-state index in [2.05, 4.69) is 0 Å². The molecule has 1 aromatic rings. The smallest absolute Gasteiger partial charge is 0.239 e. The second kappa shape index (κ2) is 4.31. The molecule has 2 N–H and O–H groups in total. The summed E-state index contributed by atoms with van der Waals surface area (Å²) in [7, 11) is 0. The lowest BCUT2D eigenvalue weighted by Crippen LogP contribution is -2.44. The van der Waals surface area contributed by atoms with Crippen LogP contribution in [0.3, 0.4) is 0 Å². The van der Waals surface area contributed by atoms with Crippen LogP contribution >= 0.6 is 11.8 Å². The predicted octanol–water partition coefficient (Wildman–Crippen LogP) is 1.36. The fourth-order valence-corrected chi connectivity index (χ4v) is 3.46. The van der Waals surface area contributed by atoms with E-state index in [-0.39, 0.29) is 17.9 Å². The van der Waals surface area contributed by atoms with Crippen molar-refractivity contribution in [3.05, 3.63) is 29.3 Å². The number of imide groups is 1. The summed E-state index contributed by atoms with van der Waals surface area (Å²) in [6, 6.07) is 5.65. The zero-order valence-corrected chi connectivity index (χ0v) is 10.7. The Hall–Kier alpha value is -1.49. The Bertz CT molecular complexity index is 514. The highest BCUT2D eigenvalue weighted by molar-refractivity contribution is 8.00. The molecule has 1 aromatic carbocycles. The van der Waals surface area contributed by atoms with Crippen molar-refractivity contribution in [2.45, 2.75) is 18.9 Å². The summed E-state index contributed by atoms with van der Waals surface area (Å²) in [6.45, 7) is 0. The Morgan fingerprint density at radius 1 is 1.22 bits per heavy atom. The van der Waals surface area contributed by atoms with E-state index in [0.29, 0.717) is 11.5 Å². The van der Waals surface area contributed by atoms with Crippen LogP contribution in [-0.4, -0.2) is 28.2 Å². The second-order valence-electron chi connectivity index (χ2n) is 4.66. The number of carbonyl (C=O) groups is 2. The number of nitrogen functional groups attached to an aromatic ring is 1. The summed E-state index contributed by atoms with van der Waals surface area (Å²) in [5.41, 5.74) is 8.74. The summed E-state index contributed by atoms with van der Waals surface area (Å²) < 4.78 is 0. The van der Waals surface area contributed by atoms with Crippen molar-refractivity contribution < 1.29 is 9.59 Å². The first-order valence-electron chi connectivity index (χ1n) is 5.98. The van der Waals surface area contributed by atoms with E-state index < -0.39 is 0 Å². The SMILES string of the molecule is Nc1ccc2c(c1)CCC2N1C(=O)CSCC1=O. The molecule has 18 heavy (non-hydrogen) atoms. The van der Waals surface area contributed by atoms with Gasteiger partial charge in [-0.05, 0) is 36.1 Å². The molecule has 0 aromatic heterocycles. The molecule has 1 aliphatic heterocycles. The Kier molecular flexibility index (Phi) is 2.78. The highest BCUT2D eigenvalue weighted by Gasteiger charge is 2.37. The first kappa shape index (κ1) is 11.6. The number of thioether (sulfide) groups is 1. The molecule has 2 aliphatic rings. The molecule has 1 unspecified atom stereocenters. The number of hydrogen-bond acceptors (Lipinski definition) is 4. The summed E-state index contributed by atoms with van der Waals surface area (Å²) in [5, 5.41) is 0. The number of carbonyl (C=O) groups excluding carboxylic acids is 2. The van der Waals surface area contributed by atoms with Crippen molar-refractivity contribution in [3.8, 4) is 0 Å². The van der Waals surface area contributed by atoms with Gasteiger partial charge >= 0.3 is 0 Å². The topological polar surface area (TPSA) is 63.4 Å². The number of hydrogen-bond donors (Lipinski definition) is 1. The van der Waals surface area contributed by atoms with Gasteiger partial charge < -0.3 is 5.73 Å². The van der Waals surface area contributed by atoms with Gasteiger partial charge in [0.15, 0.2) is 0 Å². The number of nitrogens with two attached hydrogens (primary N) is 1. The molecule has 2 amide bonds. The molecule has 0 radical (unpaired) electrons. The maximum Gasteiger partial charge on any atom is 0.239 e. The van der Waals surface area contributed by atoms with Gasteiger partial charge in [0.2, 0.25) is 11.8 Å². The summed E-state index contributed by atoms with van der Waals surface area (Å²) in [5.74, 6) is 0.691. The van der Waals surface area contributed by atoms with Gasteiger partial charge in [0.25, 0.3) is 0 Å². The molecule has 5 heteroatoms. The van der Waals surface area contributed by atoms with Crippen LogP contribution in [0.25, 0.3) is 0 Å². The van der Waals surface area contributed by atoms with Crippen molar-refractivity contribution >= 4 is 29.3 Å². The molecule has 3 rings (SSSR count). The van der Waals surface area contributed by atoms with Crippen molar-refractivity contribution in [1.29, 1.82) is 0 Å². The number of nitrogens with zero attached hydrogens (tertiary/aromatic N) is 1. The normalized spacial score (nSPS) is 23.3. The van der Waals surface area contributed by atoms with Crippen LogP contribution in [0.15, 0.2) is 18.2 Å². The lowest BCUT2D eigenvalue weighted by molar-refractivity contribution is -0.145. The molecular formula is C13H14N2O2S. The van der Waals surface area contributed by atoms with Crippen LogP contribution in [0.4, 0.5) is 5.69 Å². The fraction of sp³-hybridized carbons (Fsp3) is 0.385. The number of anilines is 1. The molecule has 1 fully saturated rings. The molecule has 1 aliphatic carbocycles. The molecular weight excluding hydrogens is 248 g/mol. The van der Waals surface area contributed by atoms with Crippen LogP contribution in [0.2, 0.25) is 0 Å². The van der Waals surface area contributed by atoms with Crippen molar-refractivity contribution in [2.24, 2.45) is 0 Å². The third-order valence-electron chi connectivity index (χ3n) is 3.51. The van der Waals surface area contributed by atoms with Gasteiger partial charge in [0.05, 0.1) is 17.5 Å². The van der Waals surface area contributed by atoms with Gasteiger partial charge in [-0.25, -0.2) is 0 Å². The summed E-state index contributed by atoms with van der Waals surface area (Å²) >= 11 is 1.40. The zero-order valence-electron chi connectivity index (χ0n) is 9.89. The Morgan fingerprint density at radius 3 is 2.67 bits per heavy atom. The van der Waals surface area contributed by atoms with Gasteiger partial charge in [-0.3, -0.25) is 14.5 Å².